The second-order valence-electron chi connectivity index (χ2n) is 5.09. The molecule has 0 fully saturated rings. The van der Waals surface area contributed by atoms with Crippen LogP contribution < -0.4 is 4.74 Å². The van der Waals surface area contributed by atoms with E-state index in [0.717, 1.165) is 5.39 Å². The summed E-state index contributed by atoms with van der Waals surface area (Å²) in [4.78, 5) is 0. The quantitative estimate of drug-likeness (QED) is 0.911. The summed E-state index contributed by atoms with van der Waals surface area (Å²) in [5.41, 5.74) is 0.163. The molecular formula is C13H17FN2O2. The zero-order valence-electron chi connectivity index (χ0n) is 11.0. The Bertz CT molecular complexity index is 585. The lowest BCUT2D eigenvalue weighted by atomic mass is 10.1. The molecule has 5 heteroatoms. The fourth-order valence-corrected chi connectivity index (χ4v) is 2.01. The molecule has 0 atom stereocenters. The third-order valence-electron chi connectivity index (χ3n) is 2.74. The van der Waals surface area contributed by atoms with Crippen LogP contribution in [-0.2, 0) is 6.54 Å². The molecule has 0 saturated carbocycles. The van der Waals surface area contributed by atoms with Crippen molar-refractivity contribution in [2.75, 3.05) is 7.11 Å². The maximum atomic E-state index is 14.0. The Kier molecular flexibility index (Phi) is 3.02. The van der Waals surface area contributed by atoms with Gasteiger partial charge in [-0.25, -0.2) is 4.39 Å². The number of ether oxygens (including phenoxy) is 1. The smallest absolute Gasteiger partial charge is 0.180 e. The Labute approximate surface area is 105 Å². The van der Waals surface area contributed by atoms with Crippen molar-refractivity contribution in [1.29, 1.82) is 0 Å². The molecule has 4 nitrogen and oxygen atoms in total. The predicted molar refractivity (Wildman–Crippen MR) is 67.3 cm³/mol. The van der Waals surface area contributed by atoms with E-state index in [1.54, 1.807) is 37.7 Å². The zero-order chi connectivity index (χ0) is 13.5. The number of methoxy groups -OCH3 is 1. The Morgan fingerprint density at radius 3 is 2.72 bits per heavy atom. The third kappa shape index (κ3) is 2.18. The van der Waals surface area contributed by atoms with Crippen molar-refractivity contribution in [3.05, 3.63) is 23.6 Å². The summed E-state index contributed by atoms with van der Waals surface area (Å²) in [6.45, 7) is 5.31. The largest absolute Gasteiger partial charge is 0.491 e. The van der Waals surface area contributed by atoms with Crippen LogP contribution in [-0.4, -0.2) is 27.6 Å². The van der Waals surface area contributed by atoms with Crippen LogP contribution in [0.3, 0.4) is 0 Å². The van der Waals surface area contributed by atoms with E-state index in [4.69, 9.17) is 4.74 Å². The number of rotatable bonds is 3. The summed E-state index contributed by atoms with van der Waals surface area (Å²) in [7, 11) is 1.43. The highest BCUT2D eigenvalue weighted by Gasteiger charge is 2.20. The molecule has 1 heterocycles. The van der Waals surface area contributed by atoms with E-state index in [-0.39, 0.29) is 18.1 Å². The summed E-state index contributed by atoms with van der Waals surface area (Å²) < 4.78 is 20.7. The number of benzene rings is 1. The van der Waals surface area contributed by atoms with Crippen LogP contribution in [0.5, 0.6) is 5.75 Å². The SMILES string of the molecule is COc1c(F)c(C)cc2cnn(CC(C)(C)O)c12. The summed E-state index contributed by atoms with van der Waals surface area (Å²) in [5, 5.41) is 14.8. The van der Waals surface area contributed by atoms with Gasteiger partial charge in [0.25, 0.3) is 0 Å². The lowest BCUT2D eigenvalue weighted by Gasteiger charge is -2.18. The predicted octanol–water partition coefficient (Wildman–Crippen LogP) is 2.26. The number of hydrogen-bond acceptors (Lipinski definition) is 3. The molecule has 1 N–H and O–H groups in total. The molecule has 2 aromatic rings. The third-order valence-corrected chi connectivity index (χ3v) is 2.74. The number of hydrogen-bond donors (Lipinski definition) is 1. The second-order valence-corrected chi connectivity index (χ2v) is 5.09. The maximum Gasteiger partial charge on any atom is 0.180 e. The first-order valence-corrected chi connectivity index (χ1v) is 5.74. The van der Waals surface area contributed by atoms with Gasteiger partial charge in [0.15, 0.2) is 11.6 Å². The van der Waals surface area contributed by atoms with E-state index in [1.807, 2.05) is 0 Å². The van der Waals surface area contributed by atoms with Gasteiger partial charge in [-0.2, -0.15) is 5.10 Å². The van der Waals surface area contributed by atoms with Crippen LogP contribution in [0.4, 0.5) is 4.39 Å². The first-order valence-electron chi connectivity index (χ1n) is 5.74. The van der Waals surface area contributed by atoms with E-state index in [2.05, 4.69) is 5.10 Å². The summed E-state index contributed by atoms with van der Waals surface area (Å²) in [5.74, 6) is -0.214. The number of halogens is 1. The number of aliphatic hydroxyl groups is 1. The van der Waals surface area contributed by atoms with Gasteiger partial charge in [0, 0.05) is 5.39 Å². The lowest BCUT2D eigenvalue weighted by Crippen LogP contribution is -2.26. The van der Waals surface area contributed by atoms with E-state index >= 15 is 0 Å². The highest BCUT2D eigenvalue weighted by atomic mass is 19.1. The van der Waals surface area contributed by atoms with Gasteiger partial charge in [0.05, 0.1) is 25.5 Å². The number of aryl methyl sites for hydroxylation is 1. The summed E-state index contributed by atoms with van der Waals surface area (Å²) in [6.07, 6.45) is 1.65. The van der Waals surface area contributed by atoms with Crippen molar-refractivity contribution < 1.29 is 14.2 Å². The number of nitrogens with zero attached hydrogens (tertiary/aromatic N) is 2. The minimum Gasteiger partial charge on any atom is -0.491 e. The molecule has 0 aliphatic carbocycles. The molecule has 0 saturated heterocycles. The average Bonchev–Trinajstić information content (AvgIpc) is 2.61. The highest BCUT2D eigenvalue weighted by molar-refractivity contribution is 5.86. The molecule has 0 amide bonds. The molecule has 18 heavy (non-hydrogen) atoms. The average molecular weight is 252 g/mol. The van der Waals surface area contributed by atoms with Crippen molar-refractivity contribution in [3.63, 3.8) is 0 Å². The molecule has 0 unspecified atom stereocenters. The molecule has 0 bridgehead atoms. The van der Waals surface area contributed by atoms with Gasteiger partial charge in [-0.1, -0.05) is 0 Å². The van der Waals surface area contributed by atoms with Gasteiger partial charge in [-0.3, -0.25) is 4.68 Å². The summed E-state index contributed by atoms with van der Waals surface area (Å²) >= 11 is 0. The molecule has 0 spiro atoms. The normalized spacial score (nSPS) is 12.1. The standard InChI is InChI=1S/C13H17FN2O2/c1-8-5-9-6-15-16(7-13(2,3)17)11(9)12(18-4)10(8)14/h5-6,17H,7H2,1-4H3. The molecule has 0 radical (unpaired) electrons. The van der Waals surface area contributed by atoms with E-state index in [9.17, 15) is 9.50 Å². The fourth-order valence-electron chi connectivity index (χ4n) is 2.01. The number of fused-ring (bicyclic) bond motifs is 1. The minimum atomic E-state index is -0.925. The zero-order valence-corrected chi connectivity index (χ0v) is 11.0. The van der Waals surface area contributed by atoms with E-state index < -0.39 is 5.60 Å². The molecule has 1 aromatic heterocycles. The fraction of sp³-hybridized carbons (Fsp3) is 0.462. The van der Waals surface area contributed by atoms with Crippen LogP contribution in [0.2, 0.25) is 0 Å². The van der Waals surface area contributed by atoms with Gasteiger partial charge in [0.1, 0.15) is 5.52 Å². The van der Waals surface area contributed by atoms with Crippen LogP contribution in [0, 0.1) is 12.7 Å². The Morgan fingerprint density at radius 2 is 2.17 bits per heavy atom. The van der Waals surface area contributed by atoms with Gasteiger partial charge in [-0.15, -0.1) is 0 Å². The Morgan fingerprint density at radius 1 is 1.50 bits per heavy atom. The van der Waals surface area contributed by atoms with Gasteiger partial charge < -0.3 is 9.84 Å². The molecular weight excluding hydrogens is 235 g/mol. The molecule has 0 aliphatic rings. The number of aromatic nitrogens is 2. The lowest BCUT2D eigenvalue weighted by molar-refractivity contribution is 0.0590. The molecule has 2 rings (SSSR count). The Hall–Kier alpha value is -1.62. The van der Waals surface area contributed by atoms with Crippen LogP contribution in [0.1, 0.15) is 19.4 Å². The van der Waals surface area contributed by atoms with Crippen LogP contribution >= 0.6 is 0 Å². The molecule has 1 aromatic carbocycles. The molecule has 0 aliphatic heterocycles. The van der Waals surface area contributed by atoms with Crippen molar-refractivity contribution in [3.8, 4) is 5.75 Å². The van der Waals surface area contributed by atoms with Gasteiger partial charge in [-0.05, 0) is 32.4 Å². The van der Waals surface area contributed by atoms with Crippen molar-refractivity contribution in [2.45, 2.75) is 32.9 Å². The van der Waals surface area contributed by atoms with E-state index in [0.29, 0.717) is 11.1 Å². The minimum absolute atomic E-state index is 0.173. The van der Waals surface area contributed by atoms with Gasteiger partial charge >= 0.3 is 0 Å². The topological polar surface area (TPSA) is 47.3 Å². The monoisotopic (exact) mass is 252 g/mol. The van der Waals surface area contributed by atoms with Gasteiger partial charge in [0.2, 0.25) is 0 Å². The molecule has 98 valence electrons. The van der Waals surface area contributed by atoms with Crippen LogP contribution in [0.25, 0.3) is 10.9 Å². The Balaban J connectivity index is 2.67. The van der Waals surface area contributed by atoms with E-state index in [1.165, 1.54) is 7.11 Å². The van der Waals surface area contributed by atoms with Crippen LogP contribution in [0.15, 0.2) is 12.3 Å². The van der Waals surface area contributed by atoms with Crippen molar-refractivity contribution in [2.24, 2.45) is 0 Å². The van der Waals surface area contributed by atoms with Crippen molar-refractivity contribution >= 4 is 10.9 Å². The highest BCUT2D eigenvalue weighted by Crippen LogP contribution is 2.31. The van der Waals surface area contributed by atoms with Crippen molar-refractivity contribution in [1.82, 2.24) is 9.78 Å². The second kappa shape index (κ2) is 4.24. The summed E-state index contributed by atoms with van der Waals surface area (Å²) in [6, 6.07) is 1.72. The maximum absolute atomic E-state index is 14.0. The first-order chi connectivity index (χ1) is 8.33. The first kappa shape index (κ1) is 12.8.